The van der Waals surface area contributed by atoms with Gasteiger partial charge in [-0.15, -0.1) is 5.10 Å². The normalized spacial score (nSPS) is 12.6. The van der Waals surface area contributed by atoms with Crippen LogP contribution in [0.15, 0.2) is 34.2 Å². The summed E-state index contributed by atoms with van der Waals surface area (Å²) in [5, 5.41) is 7.43. The van der Waals surface area contributed by atoms with Gasteiger partial charge >= 0.3 is 5.69 Å². The molecule has 0 saturated carbocycles. The van der Waals surface area contributed by atoms with Crippen molar-refractivity contribution in [2.75, 3.05) is 5.73 Å². The summed E-state index contributed by atoms with van der Waals surface area (Å²) in [7, 11) is 0. The SMILES string of the molecule is CCn1c(SC(C)c2ccc(N)cc2)n[nH]c1=O. The van der Waals surface area contributed by atoms with Crippen LogP contribution in [0.2, 0.25) is 0 Å². The fraction of sp³-hybridized carbons (Fsp3) is 0.333. The van der Waals surface area contributed by atoms with Crippen LogP contribution in [0.25, 0.3) is 0 Å². The zero-order chi connectivity index (χ0) is 13.1. The van der Waals surface area contributed by atoms with Crippen molar-refractivity contribution in [1.29, 1.82) is 0 Å². The Bertz CT molecular complexity index is 573. The first-order valence-electron chi connectivity index (χ1n) is 5.79. The Hall–Kier alpha value is -1.69. The van der Waals surface area contributed by atoms with Gasteiger partial charge in [0.05, 0.1) is 0 Å². The van der Waals surface area contributed by atoms with Crippen LogP contribution < -0.4 is 11.4 Å². The number of nitrogens with zero attached hydrogens (tertiary/aromatic N) is 2. The van der Waals surface area contributed by atoms with Gasteiger partial charge in [-0.25, -0.2) is 9.89 Å². The summed E-state index contributed by atoms with van der Waals surface area (Å²) >= 11 is 1.55. The van der Waals surface area contributed by atoms with E-state index in [2.05, 4.69) is 17.1 Å². The second kappa shape index (κ2) is 5.30. The van der Waals surface area contributed by atoms with Crippen molar-refractivity contribution in [2.24, 2.45) is 0 Å². The standard InChI is InChI=1S/C12H16N4OS/c1-3-16-11(17)14-15-12(16)18-8(2)9-4-6-10(13)7-5-9/h4-8H,3,13H2,1-2H3,(H,14,17). The first kappa shape index (κ1) is 12.8. The second-order valence-corrected chi connectivity index (χ2v) is 5.29. The predicted molar refractivity (Wildman–Crippen MR) is 73.6 cm³/mol. The minimum Gasteiger partial charge on any atom is -0.399 e. The second-order valence-electron chi connectivity index (χ2n) is 3.98. The molecule has 0 radical (unpaired) electrons. The number of anilines is 1. The van der Waals surface area contributed by atoms with E-state index in [1.54, 1.807) is 16.3 Å². The van der Waals surface area contributed by atoms with Crippen molar-refractivity contribution < 1.29 is 0 Å². The fourth-order valence-electron chi connectivity index (χ4n) is 1.67. The van der Waals surface area contributed by atoms with Crippen molar-refractivity contribution in [3.8, 4) is 0 Å². The molecule has 6 heteroatoms. The molecule has 1 aromatic heterocycles. The van der Waals surface area contributed by atoms with Gasteiger partial charge in [-0.2, -0.15) is 0 Å². The molecule has 5 nitrogen and oxygen atoms in total. The zero-order valence-electron chi connectivity index (χ0n) is 10.4. The van der Waals surface area contributed by atoms with E-state index in [9.17, 15) is 4.79 Å². The third-order valence-corrected chi connectivity index (χ3v) is 3.88. The molecule has 96 valence electrons. The topological polar surface area (TPSA) is 76.7 Å². The fourth-order valence-corrected chi connectivity index (χ4v) is 2.71. The molecule has 1 heterocycles. The number of aromatic nitrogens is 3. The highest BCUT2D eigenvalue weighted by Gasteiger charge is 2.13. The van der Waals surface area contributed by atoms with E-state index < -0.39 is 0 Å². The number of aromatic amines is 1. The van der Waals surface area contributed by atoms with E-state index in [4.69, 9.17) is 5.73 Å². The molecule has 1 unspecified atom stereocenters. The molecule has 1 aromatic carbocycles. The molecule has 0 aliphatic carbocycles. The Morgan fingerprint density at radius 1 is 1.44 bits per heavy atom. The van der Waals surface area contributed by atoms with E-state index in [0.717, 1.165) is 11.3 Å². The molecule has 0 fully saturated rings. The Labute approximate surface area is 109 Å². The molecule has 18 heavy (non-hydrogen) atoms. The molecular formula is C12H16N4OS. The van der Waals surface area contributed by atoms with Crippen molar-refractivity contribution in [2.45, 2.75) is 30.8 Å². The summed E-state index contributed by atoms with van der Waals surface area (Å²) in [5.41, 5.74) is 7.41. The summed E-state index contributed by atoms with van der Waals surface area (Å²) in [6.07, 6.45) is 0. The van der Waals surface area contributed by atoms with Crippen LogP contribution in [-0.4, -0.2) is 14.8 Å². The highest BCUT2D eigenvalue weighted by molar-refractivity contribution is 7.99. The average molecular weight is 264 g/mol. The number of thioether (sulfide) groups is 1. The number of rotatable bonds is 4. The summed E-state index contributed by atoms with van der Waals surface area (Å²) in [6, 6.07) is 7.75. The van der Waals surface area contributed by atoms with Gasteiger partial charge in [0, 0.05) is 17.5 Å². The first-order valence-corrected chi connectivity index (χ1v) is 6.67. The maximum absolute atomic E-state index is 11.4. The van der Waals surface area contributed by atoms with Crippen LogP contribution in [0.1, 0.15) is 24.7 Å². The lowest BCUT2D eigenvalue weighted by molar-refractivity contribution is 0.659. The lowest BCUT2D eigenvalue weighted by Crippen LogP contribution is -2.16. The summed E-state index contributed by atoms with van der Waals surface area (Å²) in [4.78, 5) is 11.4. The molecule has 0 saturated heterocycles. The molecule has 0 amide bonds. The number of nitrogens with two attached hydrogens (primary N) is 1. The molecule has 0 aliphatic rings. The average Bonchev–Trinajstić information content (AvgIpc) is 2.70. The van der Waals surface area contributed by atoms with Gasteiger partial charge in [0.25, 0.3) is 0 Å². The highest BCUT2D eigenvalue weighted by Crippen LogP contribution is 2.33. The quantitative estimate of drug-likeness (QED) is 0.654. The van der Waals surface area contributed by atoms with Crippen molar-refractivity contribution in [3.05, 3.63) is 40.3 Å². The molecule has 3 N–H and O–H groups in total. The molecule has 0 aliphatic heterocycles. The van der Waals surface area contributed by atoms with Crippen molar-refractivity contribution in [1.82, 2.24) is 14.8 Å². The van der Waals surface area contributed by atoms with Gasteiger partial charge in [0.2, 0.25) is 0 Å². The third kappa shape index (κ3) is 2.59. The van der Waals surface area contributed by atoms with Crippen LogP contribution in [0.5, 0.6) is 0 Å². The smallest absolute Gasteiger partial charge is 0.343 e. The van der Waals surface area contributed by atoms with E-state index in [0.29, 0.717) is 11.7 Å². The monoisotopic (exact) mass is 264 g/mol. The van der Waals surface area contributed by atoms with Gasteiger partial charge in [0.15, 0.2) is 5.16 Å². The maximum Gasteiger partial charge on any atom is 0.343 e. The molecule has 2 rings (SSSR count). The van der Waals surface area contributed by atoms with E-state index in [1.807, 2.05) is 31.2 Å². The van der Waals surface area contributed by atoms with E-state index >= 15 is 0 Å². The highest BCUT2D eigenvalue weighted by atomic mass is 32.2. The van der Waals surface area contributed by atoms with Crippen molar-refractivity contribution in [3.63, 3.8) is 0 Å². The number of benzene rings is 1. The van der Waals surface area contributed by atoms with Gasteiger partial charge in [-0.3, -0.25) is 4.57 Å². The number of hydrogen-bond acceptors (Lipinski definition) is 4. The minimum absolute atomic E-state index is 0.162. The van der Waals surface area contributed by atoms with Crippen LogP contribution in [-0.2, 0) is 6.54 Å². The van der Waals surface area contributed by atoms with Gasteiger partial charge < -0.3 is 5.73 Å². The lowest BCUT2D eigenvalue weighted by Gasteiger charge is -2.11. The predicted octanol–water partition coefficient (Wildman–Crippen LogP) is 2.03. The largest absolute Gasteiger partial charge is 0.399 e. The Morgan fingerprint density at radius 3 is 2.72 bits per heavy atom. The first-order chi connectivity index (χ1) is 8.61. The number of nitrogen functional groups attached to an aromatic ring is 1. The lowest BCUT2D eigenvalue weighted by atomic mass is 10.1. The Morgan fingerprint density at radius 2 is 2.11 bits per heavy atom. The minimum atomic E-state index is -0.162. The number of H-pyrrole nitrogens is 1. The maximum atomic E-state index is 11.4. The summed E-state index contributed by atoms with van der Waals surface area (Å²) in [5.74, 6) is 0. The van der Waals surface area contributed by atoms with Crippen LogP contribution in [0, 0.1) is 0 Å². The van der Waals surface area contributed by atoms with Gasteiger partial charge in [-0.05, 0) is 31.5 Å². The molecular weight excluding hydrogens is 248 g/mol. The van der Waals surface area contributed by atoms with E-state index in [-0.39, 0.29) is 10.9 Å². The number of nitrogens with one attached hydrogen (secondary N) is 1. The van der Waals surface area contributed by atoms with Gasteiger partial charge in [0.1, 0.15) is 0 Å². The van der Waals surface area contributed by atoms with Crippen molar-refractivity contribution >= 4 is 17.4 Å². The third-order valence-electron chi connectivity index (χ3n) is 2.73. The van der Waals surface area contributed by atoms with Crippen LogP contribution in [0.4, 0.5) is 5.69 Å². The van der Waals surface area contributed by atoms with Gasteiger partial charge in [-0.1, -0.05) is 23.9 Å². The Balaban J connectivity index is 2.18. The molecule has 2 aromatic rings. The molecule has 0 spiro atoms. The molecule has 0 bridgehead atoms. The molecule has 1 atom stereocenters. The van der Waals surface area contributed by atoms with Crippen LogP contribution >= 0.6 is 11.8 Å². The summed E-state index contributed by atoms with van der Waals surface area (Å²) < 4.78 is 1.62. The zero-order valence-corrected chi connectivity index (χ0v) is 11.2. The van der Waals surface area contributed by atoms with Crippen LogP contribution in [0.3, 0.4) is 0 Å². The number of hydrogen-bond donors (Lipinski definition) is 2. The van der Waals surface area contributed by atoms with E-state index in [1.165, 1.54) is 0 Å². The Kier molecular flexibility index (Phi) is 3.76. The summed E-state index contributed by atoms with van der Waals surface area (Å²) in [6.45, 7) is 4.62.